The number of carbonyl (C=O) groups excluding carboxylic acids is 2. The molecule has 0 spiro atoms. The summed E-state index contributed by atoms with van der Waals surface area (Å²) in [5.74, 6) is -0.173. The molecule has 4 nitrogen and oxygen atoms in total. The SMILES string of the molecule is CCCCNC(=O)[C@@H](CC)N(Cc1ccc(Cl)cc1)C(=O)CCc1ccccc1Cl. The second kappa shape index (κ2) is 12.6. The molecule has 0 bridgehead atoms. The summed E-state index contributed by atoms with van der Waals surface area (Å²) < 4.78 is 0. The Bertz CT molecular complexity index is 824. The van der Waals surface area contributed by atoms with E-state index < -0.39 is 6.04 Å². The van der Waals surface area contributed by atoms with E-state index in [1.165, 1.54) is 0 Å². The number of nitrogens with zero attached hydrogens (tertiary/aromatic N) is 1. The predicted molar refractivity (Wildman–Crippen MR) is 124 cm³/mol. The number of amides is 2. The molecule has 0 aromatic heterocycles. The van der Waals surface area contributed by atoms with Gasteiger partial charge in [0.15, 0.2) is 0 Å². The molecule has 2 aromatic rings. The van der Waals surface area contributed by atoms with Gasteiger partial charge in [-0.2, -0.15) is 0 Å². The fourth-order valence-electron chi connectivity index (χ4n) is 3.30. The third-order valence-corrected chi connectivity index (χ3v) is 5.67. The first-order valence-electron chi connectivity index (χ1n) is 10.5. The van der Waals surface area contributed by atoms with E-state index in [1.54, 1.807) is 17.0 Å². The molecular weight excluding hydrogens is 419 g/mol. The Morgan fingerprint density at radius 1 is 1.03 bits per heavy atom. The van der Waals surface area contributed by atoms with Crippen molar-refractivity contribution in [2.45, 2.75) is 58.5 Å². The van der Waals surface area contributed by atoms with E-state index >= 15 is 0 Å². The molecule has 0 fully saturated rings. The van der Waals surface area contributed by atoms with Gasteiger partial charge in [0.25, 0.3) is 0 Å². The molecular formula is C24H30Cl2N2O2. The van der Waals surface area contributed by atoms with Crippen LogP contribution in [0.3, 0.4) is 0 Å². The Kier molecular flexibility index (Phi) is 10.2. The Labute approximate surface area is 189 Å². The maximum absolute atomic E-state index is 13.2. The van der Waals surface area contributed by atoms with Crippen molar-refractivity contribution in [1.82, 2.24) is 10.2 Å². The minimum atomic E-state index is -0.517. The highest BCUT2D eigenvalue weighted by Gasteiger charge is 2.28. The fourth-order valence-corrected chi connectivity index (χ4v) is 3.65. The van der Waals surface area contributed by atoms with Crippen LogP contribution in [-0.2, 0) is 22.6 Å². The molecule has 0 heterocycles. The summed E-state index contributed by atoms with van der Waals surface area (Å²) in [4.78, 5) is 27.7. The van der Waals surface area contributed by atoms with Gasteiger partial charge in [0, 0.05) is 29.6 Å². The van der Waals surface area contributed by atoms with E-state index in [9.17, 15) is 9.59 Å². The Morgan fingerprint density at radius 3 is 2.37 bits per heavy atom. The van der Waals surface area contributed by atoms with Gasteiger partial charge in [-0.1, -0.05) is 73.8 Å². The first kappa shape index (κ1) is 24.2. The number of hydrogen-bond donors (Lipinski definition) is 1. The van der Waals surface area contributed by atoms with Gasteiger partial charge in [-0.15, -0.1) is 0 Å². The van der Waals surface area contributed by atoms with Crippen molar-refractivity contribution in [2.24, 2.45) is 0 Å². The molecule has 2 rings (SSSR count). The lowest BCUT2D eigenvalue weighted by atomic mass is 10.1. The molecule has 0 saturated carbocycles. The molecule has 162 valence electrons. The second-order valence-corrected chi connectivity index (χ2v) is 8.15. The van der Waals surface area contributed by atoms with Crippen LogP contribution < -0.4 is 5.32 Å². The molecule has 0 aliphatic carbocycles. The van der Waals surface area contributed by atoms with E-state index in [0.29, 0.717) is 36.0 Å². The van der Waals surface area contributed by atoms with Crippen molar-refractivity contribution < 1.29 is 9.59 Å². The standard InChI is InChI=1S/C24H30Cl2N2O2/c1-3-5-16-27-24(30)22(4-2)28(17-18-10-13-20(25)14-11-18)23(29)15-12-19-8-6-7-9-21(19)26/h6-11,13-14,22H,3-5,12,15-17H2,1-2H3,(H,27,30)/t22-/m1/s1. The molecule has 0 radical (unpaired) electrons. The number of unbranched alkanes of at least 4 members (excludes halogenated alkanes) is 1. The first-order valence-corrected chi connectivity index (χ1v) is 11.3. The zero-order chi connectivity index (χ0) is 21.9. The Hall–Kier alpha value is -2.04. The van der Waals surface area contributed by atoms with Gasteiger partial charge in [-0.05, 0) is 48.6 Å². The normalized spacial score (nSPS) is 11.7. The third-order valence-electron chi connectivity index (χ3n) is 5.05. The molecule has 0 saturated heterocycles. The van der Waals surface area contributed by atoms with Crippen molar-refractivity contribution in [3.63, 3.8) is 0 Å². The Morgan fingerprint density at radius 2 is 1.73 bits per heavy atom. The van der Waals surface area contributed by atoms with Crippen LogP contribution in [0.15, 0.2) is 48.5 Å². The van der Waals surface area contributed by atoms with Crippen LogP contribution >= 0.6 is 23.2 Å². The smallest absolute Gasteiger partial charge is 0.242 e. The van der Waals surface area contributed by atoms with Crippen molar-refractivity contribution in [2.75, 3.05) is 6.54 Å². The summed E-state index contributed by atoms with van der Waals surface area (Å²) in [7, 11) is 0. The van der Waals surface area contributed by atoms with E-state index in [1.807, 2.05) is 43.3 Å². The van der Waals surface area contributed by atoms with Crippen molar-refractivity contribution >= 4 is 35.0 Å². The van der Waals surface area contributed by atoms with Gasteiger partial charge in [0.2, 0.25) is 11.8 Å². The molecule has 1 N–H and O–H groups in total. The number of carbonyl (C=O) groups is 2. The van der Waals surface area contributed by atoms with E-state index in [4.69, 9.17) is 23.2 Å². The predicted octanol–water partition coefficient (Wildman–Crippen LogP) is 5.65. The number of benzene rings is 2. The fraction of sp³-hybridized carbons (Fsp3) is 0.417. The van der Waals surface area contributed by atoms with E-state index in [0.717, 1.165) is 24.0 Å². The van der Waals surface area contributed by atoms with Crippen LogP contribution in [0.5, 0.6) is 0 Å². The van der Waals surface area contributed by atoms with Crippen LogP contribution in [0, 0.1) is 0 Å². The van der Waals surface area contributed by atoms with E-state index in [-0.39, 0.29) is 18.2 Å². The van der Waals surface area contributed by atoms with Crippen LogP contribution in [0.2, 0.25) is 10.0 Å². The number of aryl methyl sites for hydroxylation is 1. The molecule has 30 heavy (non-hydrogen) atoms. The van der Waals surface area contributed by atoms with Crippen molar-refractivity contribution in [3.8, 4) is 0 Å². The summed E-state index contributed by atoms with van der Waals surface area (Å²) in [6.07, 6.45) is 3.28. The monoisotopic (exact) mass is 448 g/mol. The quantitative estimate of drug-likeness (QED) is 0.451. The molecule has 2 aromatic carbocycles. The molecule has 0 unspecified atom stereocenters. The summed E-state index contributed by atoms with van der Waals surface area (Å²) in [6.45, 7) is 4.99. The average Bonchev–Trinajstić information content (AvgIpc) is 2.74. The molecule has 0 aliphatic rings. The number of hydrogen-bond acceptors (Lipinski definition) is 2. The largest absolute Gasteiger partial charge is 0.354 e. The minimum absolute atomic E-state index is 0.0673. The van der Waals surface area contributed by atoms with Crippen molar-refractivity contribution in [1.29, 1.82) is 0 Å². The summed E-state index contributed by atoms with van der Waals surface area (Å²) in [5, 5.41) is 4.26. The lowest BCUT2D eigenvalue weighted by Crippen LogP contribution is -2.49. The zero-order valence-corrected chi connectivity index (χ0v) is 19.2. The second-order valence-electron chi connectivity index (χ2n) is 7.31. The molecule has 0 aliphatic heterocycles. The van der Waals surface area contributed by atoms with Crippen LogP contribution in [0.4, 0.5) is 0 Å². The van der Waals surface area contributed by atoms with Gasteiger partial charge in [0.1, 0.15) is 6.04 Å². The zero-order valence-electron chi connectivity index (χ0n) is 17.7. The maximum atomic E-state index is 13.2. The average molecular weight is 449 g/mol. The highest BCUT2D eigenvalue weighted by atomic mass is 35.5. The number of nitrogens with one attached hydrogen (secondary N) is 1. The van der Waals surface area contributed by atoms with E-state index in [2.05, 4.69) is 12.2 Å². The molecule has 6 heteroatoms. The van der Waals surface area contributed by atoms with Gasteiger partial charge >= 0.3 is 0 Å². The minimum Gasteiger partial charge on any atom is -0.354 e. The Balaban J connectivity index is 2.17. The highest BCUT2D eigenvalue weighted by molar-refractivity contribution is 6.31. The van der Waals surface area contributed by atoms with Crippen molar-refractivity contribution in [3.05, 3.63) is 69.7 Å². The van der Waals surface area contributed by atoms with Gasteiger partial charge in [-0.3, -0.25) is 9.59 Å². The van der Waals surface area contributed by atoms with Crippen LogP contribution in [0.1, 0.15) is 50.7 Å². The van der Waals surface area contributed by atoms with Gasteiger partial charge in [-0.25, -0.2) is 0 Å². The highest BCUT2D eigenvalue weighted by Crippen LogP contribution is 2.20. The molecule has 2 amide bonds. The lowest BCUT2D eigenvalue weighted by molar-refractivity contribution is -0.141. The van der Waals surface area contributed by atoms with Crippen LogP contribution in [0.25, 0.3) is 0 Å². The van der Waals surface area contributed by atoms with Crippen LogP contribution in [-0.4, -0.2) is 29.3 Å². The third kappa shape index (κ3) is 7.33. The van der Waals surface area contributed by atoms with Gasteiger partial charge < -0.3 is 10.2 Å². The summed E-state index contributed by atoms with van der Waals surface area (Å²) in [5.41, 5.74) is 1.87. The lowest BCUT2D eigenvalue weighted by Gasteiger charge is -2.31. The van der Waals surface area contributed by atoms with Gasteiger partial charge in [0.05, 0.1) is 0 Å². The first-order chi connectivity index (χ1) is 14.5. The summed E-state index contributed by atoms with van der Waals surface area (Å²) >= 11 is 12.2. The molecule has 1 atom stereocenters. The maximum Gasteiger partial charge on any atom is 0.242 e. The number of halogens is 2. The topological polar surface area (TPSA) is 49.4 Å². The number of rotatable bonds is 11. The summed E-state index contributed by atoms with van der Waals surface area (Å²) in [6, 6.07) is 14.4.